The third-order valence-electron chi connectivity index (χ3n) is 4.08. The molecule has 0 bridgehead atoms. The summed E-state index contributed by atoms with van der Waals surface area (Å²) >= 11 is 0. The summed E-state index contributed by atoms with van der Waals surface area (Å²) in [4.78, 5) is 9.22. The Kier molecular flexibility index (Phi) is 10.8. The van der Waals surface area contributed by atoms with Crippen LogP contribution in [-0.4, -0.2) is 25.0 Å². The van der Waals surface area contributed by atoms with Gasteiger partial charge in [-0.1, -0.05) is 44.0 Å². The lowest BCUT2D eigenvalue weighted by molar-refractivity contribution is 0.667. The predicted octanol–water partition coefficient (Wildman–Crippen LogP) is 5.67. The Balaban J connectivity index is 3.17. The average molecular weight is 372 g/mol. The number of hydrogen-bond donors (Lipinski definition) is 1. The van der Waals surface area contributed by atoms with Gasteiger partial charge in [0.1, 0.15) is 0 Å². The minimum absolute atomic E-state index is 0.778. The van der Waals surface area contributed by atoms with Crippen molar-refractivity contribution in [3.05, 3.63) is 58.2 Å². The van der Waals surface area contributed by atoms with Crippen molar-refractivity contribution in [3.63, 3.8) is 0 Å². The molecule has 0 aliphatic rings. The number of aryl methyl sites for hydroxylation is 1. The lowest BCUT2D eigenvalue weighted by atomic mass is 10.0. The highest BCUT2D eigenvalue weighted by Crippen LogP contribution is 2.16. The molecule has 0 amide bonds. The van der Waals surface area contributed by atoms with Crippen LogP contribution in [0.15, 0.2) is 57.0 Å². The first kappa shape index (κ1) is 22.3. The molecule has 0 aliphatic heterocycles. The lowest BCUT2D eigenvalue weighted by Gasteiger charge is -2.11. The van der Waals surface area contributed by atoms with Gasteiger partial charge in [0.15, 0.2) is 0 Å². The number of hydrogen-bond acceptors (Lipinski definition) is 3. The van der Waals surface area contributed by atoms with Crippen LogP contribution in [0.5, 0.6) is 0 Å². The summed E-state index contributed by atoms with van der Waals surface area (Å²) < 4.78 is 0. The number of aliphatic imine (C=N–C) groups is 2. The van der Waals surface area contributed by atoms with E-state index >= 15 is 0 Å². The monoisotopic (exact) mass is 371 g/mol. The van der Waals surface area contributed by atoms with E-state index < -0.39 is 0 Å². The van der Waals surface area contributed by atoms with Crippen LogP contribution in [0, 0.1) is 6.92 Å². The summed E-state index contributed by atoms with van der Waals surface area (Å²) in [5.74, 6) is 0. The molecule has 1 atom stereocenters. The Hall–Kier alpha value is -1.73. The van der Waals surface area contributed by atoms with Crippen LogP contribution in [0.25, 0.3) is 0 Å². The van der Waals surface area contributed by atoms with Gasteiger partial charge in [-0.15, -0.1) is 9.24 Å². The van der Waals surface area contributed by atoms with E-state index in [0.717, 1.165) is 41.1 Å². The maximum Gasteiger partial charge on any atom is 0.0725 e. The molecule has 1 rings (SSSR count). The van der Waals surface area contributed by atoms with Gasteiger partial charge in [-0.3, -0.25) is 9.98 Å². The Bertz CT molecular complexity index is 684. The highest BCUT2D eigenvalue weighted by Gasteiger charge is 2.06. The third kappa shape index (κ3) is 8.10. The predicted molar refractivity (Wildman–Crippen MR) is 120 cm³/mol. The highest BCUT2D eigenvalue weighted by atomic mass is 31.0. The molecule has 1 N–H and O–H groups in total. The van der Waals surface area contributed by atoms with E-state index in [1.807, 2.05) is 20.1 Å². The number of nitrogens with one attached hydrogen (secondary N) is 1. The van der Waals surface area contributed by atoms with Crippen molar-refractivity contribution in [1.29, 1.82) is 0 Å². The zero-order chi connectivity index (χ0) is 19.4. The summed E-state index contributed by atoms with van der Waals surface area (Å²) in [6, 6.07) is 8.38. The van der Waals surface area contributed by atoms with Gasteiger partial charge >= 0.3 is 0 Å². The topological polar surface area (TPSA) is 36.8 Å². The highest BCUT2D eigenvalue weighted by molar-refractivity contribution is 7.24. The van der Waals surface area contributed by atoms with Crippen molar-refractivity contribution in [2.45, 2.75) is 53.9 Å². The van der Waals surface area contributed by atoms with Gasteiger partial charge in [-0.2, -0.15) is 0 Å². The van der Waals surface area contributed by atoms with Gasteiger partial charge in [0.2, 0.25) is 0 Å². The Morgan fingerprint density at radius 1 is 1.15 bits per heavy atom. The molecular formula is C22H34N3P. The third-order valence-corrected chi connectivity index (χ3v) is 4.64. The van der Waals surface area contributed by atoms with Gasteiger partial charge in [-0.05, 0) is 45.8 Å². The molecule has 0 spiro atoms. The average Bonchev–Trinajstić information content (AvgIpc) is 2.63. The van der Waals surface area contributed by atoms with Crippen LogP contribution in [0.4, 0.5) is 0 Å². The minimum Gasteiger partial charge on any atom is -0.389 e. The van der Waals surface area contributed by atoms with E-state index in [2.05, 4.69) is 70.7 Å². The normalized spacial score (nSPS) is 13.9. The summed E-state index contributed by atoms with van der Waals surface area (Å²) in [6.45, 7) is 12.3. The lowest BCUT2D eigenvalue weighted by Crippen LogP contribution is -2.14. The smallest absolute Gasteiger partial charge is 0.0725 e. The van der Waals surface area contributed by atoms with Crippen LogP contribution >= 0.6 is 9.24 Å². The largest absolute Gasteiger partial charge is 0.389 e. The molecule has 1 unspecified atom stereocenters. The van der Waals surface area contributed by atoms with E-state index in [4.69, 9.17) is 4.99 Å². The van der Waals surface area contributed by atoms with E-state index in [9.17, 15) is 0 Å². The van der Waals surface area contributed by atoms with Crippen molar-refractivity contribution in [2.75, 3.05) is 13.1 Å². The van der Waals surface area contributed by atoms with Crippen LogP contribution < -0.4 is 5.32 Å². The van der Waals surface area contributed by atoms with Gasteiger partial charge < -0.3 is 5.32 Å². The first-order chi connectivity index (χ1) is 12.5. The molecule has 0 heterocycles. The first-order valence-corrected chi connectivity index (χ1v) is 10.1. The number of rotatable bonds is 10. The minimum atomic E-state index is 0.778. The van der Waals surface area contributed by atoms with Crippen LogP contribution in [0.1, 0.15) is 58.1 Å². The quantitative estimate of drug-likeness (QED) is 0.321. The second-order valence-corrected chi connectivity index (χ2v) is 7.06. The molecular weight excluding hydrogens is 337 g/mol. The van der Waals surface area contributed by atoms with E-state index in [1.54, 1.807) is 0 Å². The molecule has 0 saturated carbocycles. The molecule has 0 saturated heterocycles. The van der Waals surface area contributed by atoms with Crippen molar-refractivity contribution < 1.29 is 0 Å². The van der Waals surface area contributed by atoms with Gasteiger partial charge in [0.05, 0.1) is 5.71 Å². The fourth-order valence-electron chi connectivity index (χ4n) is 2.48. The molecule has 1 aromatic carbocycles. The molecule has 4 heteroatoms. The fourth-order valence-corrected chi connectivity index (χ4v) is 2.65. The number of allylic oxidation sites excluding steroid dienone is 4. The van der Waals surface area contributed by atoms with Crippen molar-refractivity contribution in [1.82, 2.24) is 5.32 Å². The fraction of sp³-hybridized carbons (Fsp3) is 0.455. The van der Waals surface area contributed by atoms with Gasteiger partial charge in [0, 0.05) is 41.6 Å². The molecule has 26 heavy (non-hydrogen) atoms. The van der Waals surface area contributed by atoms with Crippen molar-refractivity contribution >= 4 is 21.2 Å². The van der Waals surface area contributed by atoms with Crippen LogP contribution in [0.2, 0.25) is 0 Å². The summed E-state index contributed by atoms with van der Waals surface area (Å²) in [7, 11) is 2.74. The standard InChI is InChI=1S/C22H34N3P/c1-6-8-11-14-24-18(4)15-21(20-13-10-9-12-17(20)3)25-19(5)22(26)16-23-7-2/h9-10,12-13,15-16,24H,6-8,11,14,26H2,1-5H3/b18-15+,22-19-,23-16?,25-21-. The second kappa shape index (κ2) is 12.6. The SMILES string of the molecule is CCCCCN/C(C)=C/C(=N/C(C)=C(\P)C=NCC)c1ccccc1C. The summed E-state index contributed by atoms with van der Waals surface area (Å²) in [5, 5.41) is 4.52. The van der Waals surface area contributed by atoms with Crippen LogP contribution in [-0.2, 0) is 0 Å². The molecule has 142 valence electrons. The summed E-state index contributed by atoms with van der Waals surface area (Å²) in [5.41, 5.74) is 5.46. The van der Waals surface area contributed by atoms with Gasteiger partial charge in [-0.25, -0.2) is 0 Å². The molecule has 0 radical (unpaired) electrons. The Morgan fingerprint density at radius 3 is 2.54 bits per heavy atom. The zero-order valence-electron chi connectivity index (χ0n) is 17.0. The number of unbranched alkanes of at least 4 members (excludes halogenated alkanes) is 2. The summed E-state index contributed by atoms with van der Waals surface area (Å²) in [6.07, 6.45) is 7.71. The van der Waals surface area contributed by atoms with Gasteiger partial charge in [0.25, 0.3) is 0 Å². The van der Waals surface area contributed by atoms with Crippen molar-refractivity contribution in [2.24, 2.45) is 9.98 Å². The van der Waals surface area contributed by atoms with Crippen molar-refractivity contribution in [3.8, 4) is 0 Å². The van der Waals surface area contributed by atoms with E-state index in [1.165, 1.54) is 24.8 Å². The Morgan fingerprint density at radius 2 is 1.88 bits per heavy atom. The molecule has 3 nitrogen and oxygen atoms in total. The zero-order valence-corrected chi connectivity index (χ0v) is 18.1. The maximum atomic E-state index is 4.91. The van der Waals surface area contributed by atoms with E-state index in [-0.39, 0.29) is 0 Å². The van der Waals surface area contributed by atoms with E-state index in [0.29, 0.717) is 0 Å². The number of nitrogens with zero attached hydrogens (tertiary/aromatic N) is 2. The second-order valence-electron chi connectivity index (χ2n) is 6.44. The maximum absolute atomic E-state index is 4.91. The molecule has 0 aromatic heterocycles. The first-order valence-electron chi connectivity index (χ1n) is 9.52. The molecule has 1 aromatic rings. The number of benzene rings is 1. The molecule has 0 aliphatic carbocycles. The Labute approximate surface area is 162 Å². The molecule has 0 fully saturated rings. The van der Waals surface area contributed by atoms with Crippen LogP contribution in [0.3, 0.4) is 0 Å².